The average molecular weight is 235 g/mol. The van der Waals surface area contributed by atoms with Crippen LogP contribution in [0.15, 0.2) is 30.3 Å². The average Bonchev–Trinajstić information content (AvgIpc) is 2.83. The van der Waals surface area contributed by atoms with Gasteiger partial charge in [0.1, 0.15) is 0 Å². The Morgan fingerprint density at radius 2 is 2.19 bits per heavy atom. The van der Waals surface area contributed by atoms with Crippen molar-refractivity contribution < 1.29 is 0 Å². The first-order valence-electron chi connectivity index (χ1n) is 6.25. The van der Waals surface area contributed by atoms with Gasteiger partial charge in [-0.15, -0.1) is 0 Å². The number of hydrogen-bond donors (Lipinski definition) is 1. The van der Waals surface area contributed by atoms with E-state index >= 15 is 0 Å². The molecule has 88 valence electrons. The number of benzene rings is 1. The van der Waals surface area contributed by atoms with Crippen LogP contribution < -0.4 is 5.32 Å². The van der Waals surface area contributed by atoms with Crippen LogP contribution in [0.1, 0.15) is 18.9 Å². The first-order chi connectivity index (χ1) is 7.90. The summed E-state index contributed by atoms with van der Waals surface area (Å²) in [6.07, 6.45) is 2.56. The molecular weight excluding hydrogens is 214 g/mol. The largest absolute Gasteiger partial charge is 0.314 e. The van der Waals surface area contributed by atoms with E-state index in [2.05, 4.69) is 54.3 Å². The number of hydrogen-bond acceptors (Lipinski definition) is 2. The molecule has 2 atom stereocenters. The Labute approximate surface area is 103 Å². The van der Waals surface area contributed by atoms with E-state index in [0.717, 1.165) is 12.5 Å². The molecule has 1 saturated heterocycles. The van der Waals surface area contributed by atoms with E-state index in [1.165, 1.54) is 29.9 Å². The monoisotopic (exact) mass is 235 g/mol. The highest BCUT2D eigenvalue weighted by Crippen LogP contribution is 2.27. The molecule has 0 saturated carbocycles. The third kappa shape index (κ3) is 3.26. The van der Waals surface area contributed by atoms with Gasteiger partial charge in [-0.05, 0) is 42.4 Å². The maximum absolute atomic E-state index is 3.66. The van der Waals surface area contributed by atoms with E-state index in [0.29, 0.717) is 6.04 Å². The van der Waals surface area contributed by atoms with Gasteiger partial charge < -0.3 is 5.32 Å². The summed E-state index contributed by atoms with van der Waals surface area (Å²) in [6, 6.07) is 11.5. The zero-order valence-corrected chi connectivity index (χ0v) is 10.8. The topological polar surface area (TPSA) is 12.0 Å². The van der Waals surface area contributed by atoms with Gasteiger partial charge in [0, 0.05) is 6.04 Å². The zero-order valence-electron chi connectivity index (χ0n) is 9.99. The lowest BCUT2D eigenvalue weighted by atomic mass is 9.93. The van der Waals surface area contributed by atoms with Gasteiger partial charge in [0.25, 0.3) is 0 Å². The third-order valence-electron chi connectivity index (χ3n) is 3.30. The molecule has 0 aromatic heterocycles. The predicted molar refractivity (Wildman–Crippen MR) is 73.0 cm³/mol. The van der Waals surface area contributed by atoms with E-state index in [4.69, 9.17) is 0 Å². The van der Waals surface area contributed by atoms with Crippen LogP contribution in [0.25, 0.3) is 0 Å². The van der Waals surface area contributed by atoms with Gasteiger partial charge in [-0.25, -0.2) is 0 Å². The van der Waals surface area contributed by atoms with Crippen LogP contribution in [0.4, 0.5) is 0 Å². The molecule has 1 aromatic rings. The minimum Gasteiger partial charge on any atom is -0.314 e. The lowest BCUT2D eigenvalue weighted by Crippen LogP contribution is -2.38. The molecule has 1 aromatic carbocycles. The van der Waals surface area contributed by atoms with Crippen molar-refractivity contribution in [1.82, 2.24) is 5.32 Å². The molecule has 0 radical (unpaired) electrons. The van der Waals surface area contributed by atoms with Gasteiger partial charge in [0.2, 0.25) is 0 Å². The van der Waals surface area contributed by atoms with E-state index in [-0.39, 0.29) is 0 Å². The first-order valence-corrected chi connectivity index (χ1v) is 7.40. The van der Waals surface area contributed by atoms with Crippen LogP contribution in [0.5, 0.6) is 0 Å². The van der Waals surface area contributed by atoms with Gasteiger partial charge in [0.05, 0.1) is 0 Å². The van der Waals surface area contributed by atoms with Crippen LogP contribution in [0, 0.1) is 5.92 Å². The summed E-state index contributed by atoms with van der Waals surface area (Å²) in [7, 11) is 0. The fraction of sp³-hybridized carbons (Fsp3) is 0.571. The minimum absolute atomic E-state index is 0.669. The summed E-state index contributed by atoms with van der Waals surface area (Å²) >= 11 is 2.11. The number of thioether (sulfide) groups is 1. The Balaban J connectivity index is 1.96. The fourth-order valence-electron chi connectivity index (χ4n) is 2.41. The molecule has 0 bridgehead atoms. The highest BCUT2D eigenvalue weighted by Gasteiger charge is 2.24. The van der Waals surface area contributed by atoms with Crippen LogP contribution in [-0.4, -0.2) is 24.1 Å². The van der Waals surface area contributed by atoms with Crippen LogP contribution >= 0.6 is 11.8 Å². The molecule has 2 unspecified atom stereocenters. The van der Waals surface area contributed by atoms with E-state index < -0.39 is 0 Å². The van der Waals surface area contributed by atoms with Crippen molar-refractivity contribution >= 4 is 11.8 Å². The molecule has 0 amide bonds. The van der Waals surface area contributed by atoms with E-state index in [1.807, 2.05) is 0 Å². The molecular formula is C14H21NS. The normalized spacial score (nSPS) is 22.2. The van der Waals surface area contributed by atoms with Crippen molar-refractivity contribution in [2.75, 3.05) is 18.1 Å². The molecule has 1 heterocycles. The van der Waals surface area contributed by atoms with Gasteiger partial charge in [-0.2, -0.15) is 11.8 Å². The standard InChI is InChI=1S/C14H21NS/c1-2-15-14(13-8-9-16-11-13)10-12-6-4-3-5-7-12/h3-7,13-15H,2,8-11H2,1H3. The maximum atomic E-state index is 3.66. The molecule has 1 fully saturated rings. The molecule has 2 heteroatoms. The van der Waals surface area contributed by atoms with E-state index in [9.17, 15) is 0 Å². The van der Waals surface area contributed by atoms with E-state index in [1.54, 1.807) is 0 Å². The predicted octanol–water partition coefficient (Wildman–Crippen LogP) is 2.96. The second-order valence-corrected chi connectivity index (χ2v) is 5.63. The zero-order chi connectivity index (χ0) is 11.2. The quantitative estimate of drug-likeness (QED) is 0.842. The van der Waals surface area contributed by atoms with Crippen LogP contribution in [0.2, 0.25) is 0 Å². The highest BCUT2D eigenvalue weighted by molar-refractivity contribution is 7.99. The van der Waals surface area contributed by atoms with Gasteiger partial charge in [-0.1, -0.05) is 37.3 Å². The molecule has 2 rings (SSSR count). The Morgan fingerprint density at radius 3 is 2.81 bits per heavy atom. The Morgan fingerprint density at radius 1 is 1.38 bits per heavy atom. The van der Waals surface area contributed by atoms with Crippen molar-refractivity contribution in [1.29, 1.82) is 0 Å². The molecule has 1 aliphatic heterocycles. The minimum atomic E-state index is 0.669. The van der Waals surface area contributed by atoms with Gasteiger partial charge >= 0.3 is 0 Å². The third-order valence-corrected chi connectivity index (χ3v) is 4.49. The maximum Gasteiger partial charge on any atom is 0.0144 e. The molecule has 1 nitrogen and oxygen atoms in total. The summed E-state index contributed by atoms with van der Waals surface area (Å²) < 4.78 is 0. The van der Waals surface area contributed by atoms with Crippen LogP contribution in [-0.2, 0) is 6.42 Å². The second-order valence-electron chi connectivity index (χ2n) is 4.48. The fourth-order valence-corrected chi connectivity index (χ4v) is 3.74. The van der Waals surface area contributed by atoms with Crippen molar-refractivity contribution in [2.24, 2.45) is 5.92 Å². The molecule has 16 heavy (non-hydrogen) atoms. The first kappa shape index (κ1) is 12.0. The molecule has 1 N–H and O–H groups in total. The van der Waals surface area contributed by atoms with Crippen molar-refractivity contribution in [3.8, 4) is 0 Å². The van der Waals surface area contributed by atoms with Gasteiger partial charge in [-0.3, -0.25) is 0 Å². The summed E-state index contributed by atoms with van der Waals surface area (Å²) in [5.74, 6) is 3.55. The Kier molecular flexibility index (Phi) is 4.73. The Hall–Kier alpha value is -0.470. The molecule has 0 spiro atoms. The van der Waals surface area contributed by atoms with Gasteiger partial charge in [0.15, 0.2) is 0 Å². The highest BCUT2D eigenvalue weighted by atomic mass is 32.2. The second kappa shape index (κ2) is 6.31. The number of nitrogens with one attached hydrogen (secondary N) is 1. The smallest absolute Gasteiger partial charge is 0.0144 e. The molecule has 0 aliphatic carbocycles. The van der Waals surface area contributed by atoms with Crippen molar-refractivity contribution in [3.05, 3.63) is 35.9 Å². The van der Waals surface area contributed by atoms with Crippen molar-refractivity contribution in [3.63, 3.8) is 0 Å². The summed E-state index contributed by atoms with van der Waals surface area (Å²) in [5, 5.41) is 3.66. The summed E-state index contributed by atoms with van der Waals surface area (Å²) in [5.41, 5.74) is 1.46. The van der Waals surface area contributed by atoms with Crippen LogP contribution in [0.3, 0.4) is 0 Å². The molecule has 1 aliphatic rings. The summed E-state index contributed by atoms with van der Waals surface area (Å²) in [4.78, 5) is 0. The number of likely N-dealkylation sites (N-methyl/N-ethyl adjacent to an activating group) is 1. The SMILES string of the molecule is CCNC(Cc1ccccc1)C1CCSC1. The Bertz CT molecular complexity index is 293. The lowest BCUT2D eigenvalue weighted by Gasteiger charge is -2.23. The summed E-state index contributed by atoms with van der Waals surface area (Å²) in [6.45, 7) is 3.29. The van der Waals surface area contributed by atoms with Crippen molar-refractivity contribution in [2.45, 2.75) is 25.8 Å². The number of rotatable bonds is 5. The lowest BCUT2D eigenvalue weighted by molar-refractivity contribution is 0.387.